The Morgan fingerprint density at radius 2 is 1.87 bits per heavy atom. The van der Waals surface area contributed by atoms with Crippen molar-refractivity contribution in [3.8, 4) is 0 Å². The molecule has 1 unspecified atom stereocenters. The number of amides is 1. The zero-order valence-electron chi connectivity index (χ0n) is 13.7. The Hall–Kier alpha value is -2.13. The lowest BCUT2D eigenvalue weighted by Gasteiger charge is -2.26. The van der Waals surface area contributed by atoms with Gasteiger partial charge in [-0.15, -0.1) is 0 Å². The maximum atomic E-state index is 12.4. The number of likely N-dealkylation sites (N-methyl/N-ethyl adjacent to an activating group) is 1. The quantitative estimate of drug-likeness (QED) is 0.869. The monoisotopic (exact) mass is 309 g/mol. The lowest BCUT2D eigenvalue weighted by Crippen LogP contribution is -3.08. The van der Waals surface area contributed by atoms with Gasteiger partial charge in [-0.3, -0.25) is 4.79 Å². The van der Waals surface area contributed by atoms with Crippen molar-refractivity contribution in [2.24, 2.45) is 0 Å². The molecule has 3 rings (SSSR count). The predicted molar refractivity (Wildman–Crippen MR) is 92.2 cm³/mol. The molecule has 0 fully saturated rings. The number of hydrogen-bond acceptors (Lipinski definition) is 1. The number of nitrogens with one attached hydrogen (secondary N) is 2. The number of fused-ring (bicyclic) bond motifs is 1. The van der Waals surface area contributed by atoms with Gasteiger partial charge in [0.25, 0.3) is 5.91 Å². The van der Waals surface area contributed by atoms with Crippen molar-refractivity contribution in [2.75, 3.05) is 13.6 Å². The molecule has 0 bridgehead atoms. The molecular weight excluding hydrogens is 284 g/mol. The number of carbonyl (C=O) groups excluding carboxylic acids is 1. The summed E-state index contributed by atoms with van der Waals surface area (Å²) in [6, 6.07) is 19.0. The molecule has 0 saturated heterocycles. The van der Waals surface area contributed by atoms with E-state index >= 15 is 0 Å². The van der Waals surface area contributed by atoms with E-state index in [1.165, 1.54) is 21.6 Å². The van der Waals surface area contributed by atoms with Crippen molar-refractivity contribution in [1.82, 2.24) is 5.32 Å². The average molecular weight is 309 g/mol. The summed E-state index contributed by atoms with van der Waals surface area (Å²) in [6.07, 6.45) is 3.32. The Bertz CT molecular complexity index is 654. The molecule has 3 nitrogen and oxygen atoms in total. The Morgan fingerprint density at radius 1 is 1.13 bits per heavy atom. The fraction of sp³-hybridized carbons (Fsp3) is 0.350. The van der Waals surface area contributed by atoms with Crippen LogP contribution in [0.1, 0.15) is 35.6 Å². The predicted octanol–water partition coefficient (Wildman–Crippen LogP) is 1.90. The highest BCUT2D eigenvalue weighted by Crippen LogP contribution is 2.29. The zero-order chi connectivity index (χ0) is 16.1. The topological polar surface area (TPSA) is 33.5 Å². The van der Waals surface area contributed by atoms with Crippen LogP contribution in [0, 0.1) is 0 Å². The van der Waals surface area contributed by atoms with E-state index in [4.69, 9.17) is 0 Å². The fourth-order valence-corrected chi connectivity index (χ4v) is 3.43. The molecule has 2 aromatic rings. The molecule has 0 heterocycles. The Balaban J connectivity index is 1.56. The van der Waals surface area contributed by atoms with E-state index in [0.29, 0.717) is 6.54 Å². The van der Waals surface area contributed by atoms with Crippen LogP contribution in [0.5, 0.6) is 0 Å². The number of hydrogen-bond donors (Lipinski definition) is 2. The van der Waals surface area contributed by atoms with Crippen LogP contribution < -0.4 is 10.2 Å². The van der Waals surface area contributed by atoms with Crippen molar-refractivity contribution in [2.45, 2.75) is 31.8 Å². The molecule has 120 valence electrons. The second-order valence-corrected chi connectivity index (χ2v) is 6.51. The minimum Gasteiger partial charge on any atom is -0.344 e. The first-order valence-corrected chi connectivity index (χ1v) is 8.45. The molecule has 0 aromatic heterocycles. The second kappa shape index (κ2) is 7.42. The van der Waals surface area contributed by atoms with Gasteiger partial charge in [-0.2, -0.15) is 0 Å². The lowest BCUT2D eigenvalue weighted by atomic mass is 9.88. The van der Waals surface area contributed by atoms with Crippen LogP contribution in [0.15, 0.2) is 54.6 Å². The molecule has 2 N–H and O–H groups in total. The normalized spacial score (nSPS) is 18.0. The summed E-state index contributed by atoms with van der Waals surface area (Å²) in [5.41, 5.74) is 3.95. The Labute approximate surface area is 138 Å². The van der Waals surface area contributed by atoms with Gasteiger partial charge in [0.1, 0.15) is 6.54 Å². The number of carbonyl (C=O) groups is 1. The SMILES string of the molecule is C[NH+](CC(=O)N[C@@H]1CCCc2ccccc21)Cc1ccccc1. The van der Waals surface area contributed by atoms with Crippen LogP contribution in [-0.4, -0.2) is 19.5 Å². The summed E-state index contributed by atoms with van der Waals surface area (Å²) in [6.45, 7) is 1.38. The molecule has 1 amide bonds. The molecule has 1 aliphatic rings. The maximum Gasteiger partial charge on any atom is 0.275 e. The van der Waals surface area contributed by atoms with Gasteiger partial charge in [0.2, 0.25) is 0 Å². The van der Waals surface area contributed by atoms with E-state index in [-0.39, 0.29) is 11.9 Å². The molecule has 2 atom stereocenters. The van der Waals surface area contributed by atoms with Gasteiger partial charge >= 0.3 is 0 Å². The largest absolute Gasteiger partial charge is 0.344 e. The van der Waals surface area contributed by atoms with Gasteiger partial charge < -0.3 is 10.2 Å². The van der Waals surface area contributed by atoms with E-state index in [0.717, 1.165) is 25.8 Å². The second-order valence-electron chi connectivity index (χ2n) is 6.51. The van der Waals surface area contributed by atoms with Gasteiger partial charge in [0.15, 0.2) is 6.54 Å². The van der Waals surface area contributed by atoms with Crippen molar-refractivity contribution in [3.63, 3.8) is 0 Å². The third-order valence-corrected chi connectivity index (χ3v) is 4.52. The summed E-state index contributed by atoms with van der Waals surface area (Å²) in [5, 5.41) is 3.23. The van der Waals surface area contributed by atoms with E-state index in [2.05, 4.69) is 48.8 Å². The summed E-state index contributed by atoms with van der Waals surface area (Å²) in [5.74, 6) is 0.139. The third kappa shape index (κ3) is 4.20. The summed E-state index contributed by atoms with van der Waals surface area (Å²) in [4.78, 5) is 13.6. The molecule has 0 radical (unpaired) electrons. The van der Waals surface area contributed by atoms with E-state index in [1.807, 2.05) is 18.2 Å². The van der Waals surface area contributed by atoms with Gasteiger partial charge in [0, 0.05) is 5.56 Å². The van der Waals surface area contributed by atoms with Crippen LogP contribution in [0.3, 0.4) is 0 Å². The Kier molecular flexibility index (Phi) is 5.09. The molecule has 0 aliphatic heterocycles. The fourth-order valence-electron chi connectivity index (χ4n) is 3.43. The molecule has 3 heteroatoms. The minimum absolute atomic E-state index is 0.139. The number of aryl methyl sites for hydroxylation is 1. The summed E-state index contributed by atoms with van der Waals surface area (Å²) < 4.78 is 0. The van der Waals surface area contributed by atoms with E-state index < -0.39 is 0 Å². The highest BCUT2D eigenvalue weighted by molar-refractivity contribution is 5.77. The van der Waals surface area contributed by atoms with Gasteiger partial charge in [-0.1, -0.05) is 54.6 Å². The first kappa shape index (κ1) is 15.8. The van der Waals surface area contributed by atoms with E-state index in [1.54, 1.807) is 0 Å². The van der Waals surface area contributed by atoms with Crippen LogP contribution in [0.4, 0.5) is 0 Å². The molecule has 0 spiro atoms. The Morgan fingerprint density at radius 3 is 2.70 bits per heavy atom. The highest BCUT2D eigenvalue weighted by atomic mass is 16.2. The summed E-state index contributed by atoms with van der Waals surface area (Å²) in [7, 11) is 2.07. The first-order chi connectivity index (χ1) is 11.2. The van der Waals surface area contributed by atoms with Crippen molar-refractivity contribution in [1.29, 1.82) is 0 Å². The maximum absolute atomic E-state index is 12.4. The molecule has 23 heavy (non-hydrogen) atoms. The molecule has 1 aliphatic carbocycles. The van der Waals surface area contributed by atoms with Crippen LogP contribution >= 0.6 is 0 Å². The van der Waals surface area contributed by atoms with Crippen molar-refractivity contribution in [3.05, 3.63) is 71.3 Å². The average Bonchev–Trinajstić information content (AvgIpc) is 2.56. The minimum atomic E-state index is 0.139. The van der Waals surface area contributed by atoms with Crippen LogP contribution in [-0.2, 0) is 17.8 Å². The van der Waals surface area contributed by atoms with Gasteiger partial charge in [-0.25, -0.2) is 0 Å². The van der Waals surface area contributed by atoms with Gasteiger partial charge in [-0.05, 0) is 30.4 Å². The van der Waals surface area contributed by atoms with Crippen molar-refractivity contribution < 1.29 is 9.69 Å². The molecular formula is C20H25N2O+. The van der Waals surface area contributed by atoms with E-state index in [9.17, 15) is 4.79 Å². The highest BCUT2D eigenvalue weighted by Gasteiger charge is 2.22. The number of quaternary nitrogens is 1. The molecule has 0 saturated carbocycles. The van der Waals surface area contributed by atoms with Crippen LogP contribution in [0.2, 0.25) is 0 Å². The van der Waals surface area contributed by atoms with Gasteiger partial charge in [0.05, 0.1) is 13.1 Å². The first-order valence-electron chi connectivity index (χ1n) is 8.45. The van der Waals surface area contributed by atoms with Crippen molar-refractivity contribution >= 4 is 5.91 Å². The molecule has 2 aromatic carbocycles. The third-order valence-electron chi connectivity index (χ3n) is 4.52. The lowest BCUT2D eigenvalue weighted by molar-refractivity contribution is -0.885. The summed E-state index contributed by atoms with van der Waals surface area (Å²) >= 11 is 0. The van der Waals surface area contributed by atoms with Crippen LogP contribution in [0.25, 0.3) is 0 Å². The smallest absolute Gasteiger partial charge is 0.275 e. The standard InChI is InChI=1S/C20H24N2O/c1-22(14-16-8-3-2-4-9-16)15-20(23)21-19-13-7-11-17-10-5-6-12-18(17)19/h2-6,8-10,12,19H,7,11,13-15H2,1H3,(H,21,23)/p+1/t19-/m1/s1. The number of benzene rings is 2. The number of rotatable bonds is 5. The zero-order valence-corrected chi connectivity index (χ0v) is 13.7.